The van der Waals surface area contributed by atoms with E-state index in [-0.39, 0.29) is 12.6 Å². The van der Waals surface area contributed by atoms with Gasteiger partial charge in [-0.2, -0.15) is 4.68 Å². The zero-order valence-electron chi connectivity index (χ0n) is 13.5. The average molecular weight is 385 g/mol. The number of benzene rings is 2. The first-order valence-electron chi connectivity index (χ1n) is 7.59. The fourth-order valence-corrected chi connectivity index (χ4v) is 2.76. The number of carbonyl (C=O) groups is 1. The van der Waals surface area contributed by atoms with Gasteiger partial charge in [-0.25, -0.2) is 4.79 Å². The third-order valence-corrected chi connectivity index (χ3v) is 4.25. The standard InChI is InChI=1S/C18H13ClN4O2S/c19-15-8-10-16(11-9-15)23-18(20-21-22-23)26-13-5-4-12-25-17(24)14-6-2-1-3-7-14/h1-3,6-11H,12-13H2. The first kappa shape index (κ1) is 18.0. The molecule has 0 aliphatic heterocycles. The highest BCUT2D eigenvalue weighted by Crippen LogP contribution is 2.19. The van der Waals surface area contributed by atoms with Crippen LogP contribution in [0, 0.1) is 11.8 Å². The Balaban J connectivity index is 1.49. The Bertz CT molecular complexity index is 933. The van der Waals surface area contributed by atoms with E-state index in [1.807, 2.05) is 18.2 Å². The second-order valence-electron chi connectivity index (χ2n) is 4.93. The molecule has 130 valence electrons. The average Bonchev–Trinajstić information content (AvgIpc) is 3.14. The van der Waals surface area contributed by atoms with E-state index in [0.717, 1.165) is 5.69 Å². The van der Waals surface area contributed by atoms with Crippen LogP contribution < -0.4 is 0 Å². The molecule has 3 aromatic rings. The van der Waals surface area contributed by atoms with E-state index in [1.54, 1.807) is 41.1 Å². The number of tetrazole rings is 1. The number of ether oxygens (including phenoxy) is 1. The molecule has 0 radical (unpaired) electrons. The molecule has 0 saturated heterocycles. The van der Waals surface area contributed by atoms with Gasteiger partial charge in [0.05, 0.1) is 17.0 Å². The molecule has 2 aromatic carbocycles. The highest BCUT2D eigenvalue weighted by Gasteiger charge is 2.08. The lowest BCUT2D eigenvalue weighted by Gasteiger charge is -2.02. The molecule has 8 heteroatoms. The Kier molecular flexibility index (Phi) is 6.25. The number of halogens is 1. The van der Waals surface area contributed by atoms with Gasteiger partial charge >= 0.3 is 5.97 Å². The monoisotopic (exact) mass is 384 g/mol. The number of hydrogen-bond donors (Lipinski definition) is 0. The number of hydrogen-bond acceptors (Lipinski definition) is 6. The third kappa shape index (κ3) is 4.85. The maximum absolute atomic E-state index is 11.8. The summed E-state index contributed by atoms with van der Waals surface area (Å²) in [4.78, 5) is 11.8. The predicted octanol–water partition coefficient (Wildman–Crippen LogP) is 3.27. The number of carbonyl (C=O) groups excluding carboxylic acids is 1. The van der Waals surface area contributed by atoms with Crippen LogP contribution in [-0.2, 0) is 4.74 Å². The lowest BCUT2D eigenvalue weighted by atomic mass is 10.2. The number of esters is 1. The van der Waals surface area contributed by atoms with Crippen LogP contribution in [0.25, 0.3) is 5.69 Å². The topological polar surface area (TPSA) is 69.9 Å². The zero-order valence-corrected chi connectivity index (χ0v) is 15.1. The first-order chi connectivity index (χ1) is 12.7. The van der Waals surface area contributed by atoms with Crippen molar-refractivity contribution in [1.82, 2.24) is 20.2 Å². The summed E-state index contributed by atoms with van der Waals surface area (Å²) in [6.45, 7) is 0.0381. The van der Waals surface area contributed by atoms with Crippen molar-refractivity contribution in [3.05, 3.63) is 65.2 Å². The summed E-state index contributed by atoms with van der Waals surface area (Å²) in [5.41, 5.74) is 1.32. The second kappa shape index (κ2) is 9.04. The third-order valence-electron chi connectivity index (χ3n) is 3.20. The predicted molar refractivity (Wildman–Crippen MR) is 99.4 cm³/mol. The van der Waals surface area contributed by atoms with Gasteiger partial charge in [0, 0.05) is 5.02 Å². The Labute approximate surface area is 159 Å². The molecule has 1 aromatic heterocycles. The molecule has 1 heterocycles. The van der Waals surface area contributed by atoms with Crippen LogP contribution in [0.3, 0.4) is 0 Å². The summed E-state index contributed by atoms with van der Waals surface area (Å²) in [5, 5.41) is 12.9. The summed E-state index contributed by atoms with van der Waals surface area (Å²) in [6.07, 6.45) is 0. The van der Waals surface area contributed by atoms with Crippen molar-refractivity contribution in [2.75, 3.05) is 12.4 Å². The quantitative estimate of drug-likeness (QED) is 0.382. The minimum absolute atomic E-state index is 0.0381. The van der Waals surface area contributed by atoms with Gasteiger partial charge in [0.25, 0.3) is 0 Å². The Hall–Kier alpha value is -2.82. The fraction of sp³-hybridized carbons (Fsp3) is 0.111. The molecule has 0 unspecified atom stereocenters. The highest BCUT2D eigenvalue weighted by molar-refractivity contribution is 7.99. The summed E-state index contributed by atoms with van der Waals surface area (Å²) >= 11 is 7.27. The van der Waals surface area contributed by atoms with Gasteiger partial charge in [-0.3, -0.25) is 0 Å². The summed E-state index contributed by atoms with van der Waals surface area (Å²) in [6, 6.07) is 16.0. The summed E-state index contributed by atoms with van der Waals surface area (Å²) < 4.78 is 6.70. The van der Waals surface area contributed by atoms with Crippen LogP contribution >= 0.6 is 23.4 Å². The van der Waals surface area contributed by atoms with Crippen LogP contribution in [0.5, 0.6) is 0 Å². The SMILES string of the molecule is O=C(OCC#CCSc1nnnn1-c1ccc(Cl)cc1)c1ccccc1. The van der Waals surface area contributed by atoms with E-state index in [4.69, 9.17) is 16.3 Å². The number of nitrogens with zero attached hydrogens (tertiary/aromatic N) is 4. The van der Waals surface area contributed by atoms with Crippen molar-refractivity contribution in [3.8, 4) is 17.5 Å². The van der Waals surface area contributed by atoms with Gasteiger partial charge in [-0.05, 0) is 46.8 Å². The molecule has 0 fully saturated rings. The minimum atomic E-state index is -0.390. The van der Waals surface area contributed by atoms with Crippen molar-refractivity contribution in [2.45, 2.75) is 5.16 Å². The second-order valence-corrected chi connectivity index (χ2v) is 6.31. The molecule has 3 rings (SSSR count). The Morgan fingerprint density at radius 2 is 1.88 bits per heavy atom. The van der Waals surface area contributed by atoms with Crippen molar-refractivity contribution in [1.29, 1.82) is 0 Å². The van der Waals surface area contributed by atoms with Gasteiger partial charge in [0.15, 0.2) is 6.61 Å². The highest BCUT2D eigenvalue weighted by atomic mass is 35.5. The normalized spacial score (nSPS) is 10.0. The zero-order chi connectivity index (χ0) is 18.2. The van der Waals surface area contributed by atoms with Crippen molar-refractivity contribution in [3.63, 3.8) is 0 Å². The maximum atomic E-state index is 11.8. The van der Waals surface area contributed by atoms with Crippen molar-refractivity contribution >= 4 is 29.3 Å². The van der Waals surface area contributed by atoms with Gasteiger partial charge in [-0.15, -0.1) is 5.10 Å². The van der Waals surface area contributed by atoms with Crippen LogP contribution in [0.15, 0.2) is 59.8 Å². The summed E-state index contributed by atoms with van der Waals surface area (Å²) in [5.74, 6) is 5.81. The first-order valence-corrected chi connectivity index (χ1v) is 8.95. The number of thioether (sulfide) groups is 1. The Morgan fingerprint density at radius 3 is 2.65 bits per heavy atom. The Morgan fingerprint density at radius 1 is 1.12 bits per heavy atom. The minimum Gasteiger partial charge on any atom is -0.449 e. The molecule has 0 aliphatic carbocycles. The van der Waals surface area contributed by atoms with E-state index in [1.165, 1.54) is 11.8 Å². The van der Waals surface area contributed by atoms with Crippen LogP contribution in [0.2, 0.25) is 5.02 Å². The fourth-order valence-electron chi connectivity index (χ4n) is 1.98. The van der Waals surface area contributed by atoms with Crippen LogP contribution in [-0.4, -0.2) is 38.5 Å². The molecule has 0 N–H and O–H groups in total. The van der Waals surface area contributed by atoms with Gasteiger partial charge < -0.3 is 4.74 Å². The van der Waals surface area contributed by atoms with Gasteiger partial charge in [0.1, 0.15) is 0 Å². The molecule has 0 spiro atoms. The van der Waals surface area contributed by atoms with Crippen molar-refractivity contribution in [2.24, 2.45) is 0 Å². The smallest absolute Gasteiger partial charge is 0.339 e. The summed E-state index contributed by atoms with van der Waals surface area (Å²) in [7, 11) is 0. The van der Waals surface area contributed by atoms with Crippen LogP contribution in [0.1, 0.15) is 10.4 Å². The molecule has 0 atom stereocenters. The lowest BCUT2D eigenvalue weighted by molar-refractivity contribution is 0.0556. The molecular weight excluding hydrogens is 372 g/mol. The van der Waals surface area contributed by atoms with E-state index in [0.29, 0.717) is 21.5 Å². The molecular formula is C18H13ClN4O2S. The van der Waals surface area contributed by atoms with E-state index >= 15 is 0 Å². The van der Waals surface area contributed by atoms with Gasteiger partial charge in [-0.1, -0.05) is 53.4 Å². The van der Waals surface area contributed by atoms with Gasteiger partial charge in [0.2, 0.25) is 5.16 Å². The van der Waals surface area contributed by atoms with Crippen molar-refractivity contribution < 1.29 is 9.53 Å². The van der Waals surface area contributed by atoms with E-state index < -0.39 is 0 Å². The maximum Gasteiger partial charge on any atom is 0.339 e. The van der Waals surface area contributed by atoms with E-state index in [9.17, 15) is 4.79 Å². The number of aromatic nitrogens is 4. The molecule has 0 amide bonds. The number of rotatable bonds is 5. The molecule has 0 aliphatic rings. The van der Waals surface area contributed by atoms with Crippen LogP contribution in [0.4, 0.5) is 0 Å². The lowest BCUT2D eigenvalue weighted by Crippen LogP contribution is -2.04. The molecule has 0 saturated carbocycles. The molecule has 0 bridgehead atoms. The largest absolute Gasteiger partial charge is 0.449 e. The molecule has 26 heavy (non-hydrogen) atoms. The molecule has 6 nitrogen and oxygen atoms in total. The van der Waals surface area contributed by atoms with E-state index in [2.05, 4.69) is 27.4 Å².